The molecule has 1 saturated carbocycles. The van der Waals surface area contributed by atoms with Gasteiger partial charge in [-0.2, -0.15) is 4.98 Å². The van der Waals surface area contributed by atoms with Gasteiger partial charge in [0.1, 0.15) is 11.6 Å². The number of nitrogens with zero attached hydrogens (tertiary/aromatic N) is 2. The molecule has 0 amide bonds. The molecule has 3 aromatic rings. The van der Waals surface area contributed by atoms with Crippen LogP contribution in [0.5, 0.6) is 5.75 Å². The third kappa shape index (κ3) is 8.26. The quantitative estimate of drug-likeness (QED) is 0.257. The first kappa shape index (κ1) is 30.2. The van der Waals surface area contributed by atoms with Gasteiger partial charge < -0.3 is 20.7 Å². The van der Waals surface area contributed by atoms with Crippen LogP contribution in [0.4, 0.5) is 24.9 Å². The van der Waals surface area contributed by atoms with Crippen molar-refractivity contribution in [2.24, 2.45) is 5.92 Å². The lowest BCUT2D eigenvalue weighted by atomic mass is 9.86. The van der Waals surface area contributed by atoms with Crippen LogP contribution in [0.25, 0.3) is 10.9 Å². The van der Waals surface area contributed by atoms with E-state index in [1.165, 1.54) is 6.07 Å². The van der Waals surface area contributed by atoms with E-state index in [0.717, 1.165) is 48.9 Å². The molecule has 0 unspecified atom stereocenters. The summed E-state index contributed by atoms with van der Waals surface area (Å²) in [7, 11) is 1.85. The Labute approximate surface area is 229 Å². The first-order valence-electron chi connectivity index (χ1n) is 11.3. The highest BCUT2D eigenvalue weighted by molar-refractivity contribution is 9.10. The van der Waals surface area contributed by atoms with Gasteiger partial charge in [-0.05, 0) is 62.4 Å². The van der Waals surface area contributed by atoms with E-state index in [0.29, 0.717) is 34.5 Å². The van der Waals surface area contributed by atoms with Crippen LogP contribution in [0.15, 0.2) is 46.9 Å². The lowest BCUT2D eigenvalue weighted by Crippen LogP contribution is -2.31. The number of rotatable bonds is 8. The van der Waals surface area contributed by atoms with Gasteiger partial charge in [-0.25, -0.2) is 4.98 Å². The second-order valence-electron chi connectivity index (χ2n) is 8.46. The van der Waals surface area contributed by atoms with E-state index < -0.39 is 6.36 Å². The fourth-order valence-electron chi connectivity index (χ4n) is 4.33. The van der Waals surface area contributed by atoms with Crippen molar-refractivity contribution in [1.82, 2.24) is 15.3 Å². The molecule has 0 saturated heterocycles. The van der Waals surface area contributed by atoms with Crippen molar-refractivity contribution < 1.29 is 17.9 Å². The second kappa shape index (κ2) is 13.5. The SMILES string of the molecule is CNc1nc(NC2CCC(CNCc3ccc(Br)cc3OC(F)(F)F)CC2)nc2ccccc12.Cl.Cl. The summed E-state index contributed by atoms with van der Waals surface area (Å²) in [6.07, 6.45) is -0.716. The lowest BCUT2D eigenvalue weighted by molar-refractivity contribution is -0.274. The fraction of sp³-hybridized carbons (Fsp3) is 0.417. The van der Waals surface area contributed by atoms with Crippen LogP contribution in [-0.2, 0) is 6.54 Å². The van der Waals surface area contributed by atoms with Gasteiger partial charge in [-0.3, -0.25) is 0 Å². The minimum atomic E-state index is -4.72. The number of fused-ring (bicyclic) bond motifs is 1. The van der Waals surface area contributed by atoms with Crippen LogP contribution in [0, 0.1) is 5.92 Å². The maximum absolute atomic E-state index is 12.7. The molecule has 4 rings (SSSR count). The molecule has 0 radical (unpaired) electrons. The van der Waals surface area contributed by atoms with E-state index in [1.54, 1.807) is 12.1 Å². The Balaban J connectivity index is 0.00000228. The van der Waals surface area contributed by atoms with Crippen LogP contribution >= 0.6 is 40.7 Å². The zero-order valence-electron chi connectivity index (χ0n) is 19.6. The standard InChI is InChI=1S/C24H27BrF3N5O.2ClH/c1-29-22-19-4-2-3-5-20(19)32-23(33-22)31-18-10-6-15(7-11-18)13-30-14-16-8-9-17(25)12-21(16)34-24(26,27)28;;/h2-5,8-9,12,15,18,30H,6-7,10-11,13-14H2,1H3,(H2,29,31,32,33);2*1H. The minimum Gasteiger partial charge on any atom is -0.405 e. The molecule has 6 nitrogen and oxygen atoms in total. The summed E-state index contributed by atoms with van der Waals surface area (Å²) in [6.45, 7) is 1.05. The van der Waals surface area contributed by atoms with E-state index in [1.807, 2.05) is 31.3 Å². The monoisotopic (exact) mass is 609 g/mol. The largest absolute Gasteiger partial charge is 0.573 e. The summed E-state index contributed by atoms with van der Waals surface area (Å²) in [4.78, 5) is 9.26. The zero-order valence-corrected chi connectivity index (χ0v) is 22.8. The third-order valence-corrected chi connectivity index (χ3v) is 6.52. The van der Waals surface area contributed by atoms with E-state index in [9.17, 15) is 13.2 Å². The summed E-state index contributed by atoms with van der Waals surface area (Å²) in [5.41, 5.74) is 1.37. The maximum atomic E-state index is 12.7. The molecule has 0 spiro atoms. The van der Waals surface area contributed by atoms with Gasteiger partial charge in [0.05, 0.1) is 5.52 Å². The van der Waals surface area contributed by atoms with Crippen LogP contribution in [-0.4, -0.2) is 36.0 Å². The molecule has 2 aromatic carbocycles. The summed E-state index contributed by atoms with van der Waals surface area (Å²) in [5, 5.41) is 10.9. The Morgan fingerprint density at radius 2 is 1.75 bits per heavy atom. The molecule has 1 aromatic heterocycles. The first-order valence-corrected chi connectivity index (χ1v) is 12.1. The van der Waals surface area contributed by atoms with Crippen LogP contribution in [0.3, 0.4) is 0 Å². The van der Waals surface area contributed by atoms with Gasteiger partial charge in [0.15, 0.2) is 0 Å². The smallest absolute Gasteiger partial charge is 0.405 e. The molecule has 0 bridgehead atoms. The molecule has 0 atom stereocenters. The average Bonchev–Trinajstić information content (AvgIpc) is 2.80. The molecule has 1 aliphatic rings. The highest BCUT2D eigenvalue weighted by atomic mass is 79.9. The van der Waals surface area contributed by atoms with Crippen molar-refractivity contribution in [2.45, 2.75) is 44.6 Å². The number of anilines is 2. The van der Waals surface area contributed by atoms with Crippen LogP contribution in [0.2, 0.25) is 0 Å². The topological polar surface area (TPSA) is 71.1 Å². The van der Waals surface area contributed by atoms with Gasteiger partial charge >= 0.3 is 6.36 Å². The van der Waals surface area contributed by atoms with E-state index in [4.69, 9.17) is 0 Å². The van der Waals surface area contributed by atoms with Crippen molar-refractivity contribution in [3.63, 3.8) is 0 Å². The van der Waals surface area contributed by atoms with Crippen molar-refractivity contribution in [1.29, 1.82) is 0 Å². The third-order valence-electron chi connectivity index (χ3n) is 6.02. The van der Waals surface area contributed by atoms with Crippen molar-refractivity contribution >= 4 is 63.4 Å². The molecule has 1 aliphatic carbocycles. The molecule has 3 N–H and O–H groups in total. The summed E-state index contributed by atoms with van der Waals surface area (Å²) in [5.74, 6) is 1.70. The van der Waals surface area contributed by atoms with E-state index in [-0.39, 0.29) is 30.6 Å². The Bertz CT molecular complexity index is 1130. The zero-order chi connectivity index (χ0) is 24.1. The van der Waals surface area contributed by atoms with Gasteiger partial charge in [-0.1, -0.05) is 34.1 Å². The van der Waals surface area contributed by atoms with E-state index >= 15 is 0 Å². The Morgan fingerprint density at radius 1 is 1.03 bits per heavy atom. The highest BCUT2D eigenvalue weighted by Gasteiger charge is 2.32. The fourth-order valence-corrected chi connectivity index (χ4v) is 4.67. The van der Waals surface area contributed by atoms with Crippen molar-refractivity contribution in [2.75, 3.05) is 24.2 Å². The Kier molecular flexibility index (Phi) is 11.3. The number of alkyl halides is 3. The molecule has 36 heavy (non-hydrogen) atoms. The van der Waals surface area contributed by atoms with Gasteiger partial charge in [0.25, 0.3) is 0 Å². The molecule has 1 heterocycles. The molecular weight excluding hydrogens is 582 g/mol. The van der Waals surface area contributed by atoms with Gasteiger partial charge in [-0.15, -0.1) is 38.0 Å². The molecular formula is C24H29BrCl2F3N5O. The molecule has 198 valence electrons. The number of benzene rings is 2. The molecule has 1 fully saturated rings. The summed E-state index contributed by atoms with van der Waals surface area (Å²) in [6, 6.07) is 12.9. The van der Waals surface area contributed by atoms with Gasteiger partial charge in [0.2, 0.25) is 5.95 Å². The Hall–Kier alpha value is -2.01. The summed E-state index contributed by atoms with van der Waals surface area (Å²) < 4.78 is 42.8. The van der Waals surface area contributed by atoms with Crippen LogP contribution < -0.4 is 20.7 Å². The normalized spacial score (nSPS) is 17.6. The number of para-hydroxylation sites is 1. The number of halogens is 6. The van der Waals surface area contributed by atoms with Crippen molar-refractivity contribution in [3.8, 4) is 5.75 Å². The average molecular weight is 611 g/mol. The predicted octanol–water partition coefficient (Wildman–Crippen LogP) is 6.94. The minimum absolute atomic E-state index is 0. The second-order valence-corrected chi connectivity index (χ2v) is 9.37. The number of aromatic nitrogens is 2. The number of hydrogen-bond acceptors (Lipinski definition) is 6. The van der Waals surface area contributed by atoms with Crippen LogP contribution in [0.1, 0.15) is 31.2 Å². The van der Waals surface area contributed by atoms with Crippen molar-refractivity contribution in [3.05, 3.63) is 52.5 Å². The number of ether oxygens (including phenoxy) is 1. The highest BCUT2D eigenvalue weighted by Crippen LogP contribution is 2.30. The maximum Gasteiger partial charge on any atom is 0.573 e. The summed E-state index contributed by atoms with van der Waals surface area (Å²) >= 11 is 3.20. The van der Waals surface area contributed by atoms with Gasteiger partial charge in [0, 0.05) is 35.1 Å². The van der Waals surface area contributed by atoms with E-state index in [2.05, 4.69) is 46.6 Å². The number of hydrogen-bond donors (Lipinski definition) is 3. The molecule has 12 heteroatoms. The lowest BCUT2D eigenvalue weighted by Gasteiger charge is -2.29. The molecule has 0 aliphatic heterocycles. The number of nitrogens with one attached hydrogen (secondary N) is 3. The first-order chi connectivity index (χ1) is 16.3. The Morgan fingerprint density at radius 3 is 2.44 bits per heavy atom. The predicted molar refractivity (Wildman–Crippen MR) is 145 cm³/mol.